The molecule has 2 nitrogen and oxygen atoms in total. The molecule has 2 rings (SSSR count). The number of halogens is 2. The lowest BCUT2D eigenvalue weighted by atomic mass is 9.91. The van der Waals surface area contributed by atoms with Gasteiger partial charge < -0.3 is 4.90 Å². The molecule has 1 aromatic carbocycles. The zero-order valence-electron chi connectivity index (χ0n) is 10.6. The fraction of sp³-hybridized carbons (Fsp3) is 0.500. The Morgan fingerprint density at radius 2 is 1.94 bits per heavy atom. The minimum atomic E-state index is 0.0414. The van der Waals surface area contributed by atoms with Crippen LogP contribution >= 0.6 is 27.5 Å². The summed E-state index contributed by atoms with van der Waals surface area (Å²) in [6.45, 7) is 6.04. The first-order valence-corrected chi connectivity index (χ1v) is 7.38. The van der Waals surface area contributed by atoms with Crippen molar-refractivity contribution < 1.29 is 4.79 Å². The zero-order chi connectivity index (χ0) is 13.3. The van der Waals surface area contributed by atoms with E-state index in [4.69, 9.17) is 11.6 Å². The summed E-state index contributed by atoms with van der Waals surface area (Å²) >= 11 is 9.50. The fourth-order valence-electron chi connectivity index (χ4n) is 2.66. The van der Waals surface area contributed by atoms with Crippen molar-refractivity contribution in [2.24, 2.45) is 11.8 Å². The quantitative estimate of drug-likeness (QED) is 0.755. The molecule has 4 heteroatoms. The average molecular weight is 331 g/mol. The van der Waals surface area contributed by atoms with E-state index in [1.807, 2.05) is 11.0 Å². The fourth-order valence-corrected chi connectivity index (χ4v) is 3.22. The number of benzene rings is 1. The Morgan fingerprint density at radius 1 is 1.33 bits per heavy atom. The largest absolute Gasteiger partial charge is 0.338 e. The summed E-state index contributed by atoms with van der Waals surface area (Å²) in [7, 11) is 0. The van der Waals surface area contributed by atoms with Gasteiger partial charge in [0.2, 0.25) is 0 Å². The molecule has 1 aliphatic rings. The monoisotopic (exact) mass is 329 g/mol. The van der Waals surface area contributed by atoms with Crippen molar-refractivity contribution in [3.63, 3.8) is 0 Å². The molecule has 18 heavy (non-hydrogen) atoms. The standard InChI is InChI=1S/C14H17BrClNO/c1-9-5-10(2)8-17(7-9)14(18)12-6-11(15)3-4-13(12)16/h3-4,6,9-10H,5,7-8H2,1-2H3/t9-,10+. The Labute approximate surface area is 121 Å². The number of hydrogen-bond acceptors (Lipinski definition) is 1. The topological polar surface area (TPSA) is 20.3 Å². The molecule has 0 unspecified atom stereocenters. The maximum absolute atomic E-state index is 12.5. The lowest BCUT2D eigenvalue weighted by Crippen LogP contribution is -2.42. The highest BCUT2D eigenvalue weighted by Crippen LogP contribution is 2.26. The van der Waals surface area contributed by atoms with Crippen LogP contribution in [-0.2, 0) is 0 Å². The number of rotatable bonds is 1. The van der Waals surface area contributed by atoms with Crippen molar-refractivity contribution in [3.05, 3.63) is 33.3 Å². The number of carbonyl (C=O) groups is 1. The van der Waals surface area contributed by atoms with Gasteiger partial charge in [-0.15, -0.1) is 0 Å². The third-order valence-electron chi connectivity index (χ3n) is 3.31. The van der Waals surface area contributed by atoms with Crippen LogP contribution < -0.4 is 0 Å². The molecule has 0 aliphatic carbocycles. The van der Waals surface area contributed by atoms with E-state index in [0.29, 0.717) is 22.4 Å². The van der Waals surface area contributed by atoms with Gasteiger partial charge >= 0.3 is 0 Å². The third-order valence-corrected chi connectivity index (χ3v) is 4.14. The summed E-state index contributed by atoms with van der Waals surface area (Å²) in [4.78, 5) is 14.4. The number of piperidine rings is 1. The van der Waals surface area contributed by atoms with Crippen LogP contribution in [0, 0.1) is 11.8 Å². The molecule has 0 N–H and O–H groups in total. The van der Waals surface area contributed by atoms with Gasteiger partial charge in [-0.2, -0.15) is 0 Å². The summed E-state index contributed by atoms with van der Waals surface area (Å²) in [5.74, 6) is 1.16. The molecule has 1 fully saturated rings. The normalized spacial score (nSPS) is 24.1. The van der Waals surface area contributed by atoms with E-state index in [0.717, 1.165) is 17.6 Å². The van der Waals surface area contributed by atoms with Crippen LogP contribution in [0.15, 0.2) is 22.7 Å². The first-order valence-electron chi connectivity index (χ1n) is 6.21. The lowest BCUT2D eigenvalue weighted by molar-refractivity contribution is 0.0623. The zero-order valence-corrected chi connectivity index (χ0v) is 13.0. The van der Waals surface area contributed by atoms with Crippen LogP contribution in [0.3, 0.4) is 0 Å². The van der Waals surface area contributed by atoms with Gasteiger partial charge in [0.05, 0.1) is 10.6 Å². The average Bonchev–Trinajstić information content (AvgIpc) is 2.30. The summed E-state index contributed by atoms with van der Waals surface area (Å²) in [6.07, 6.45) is 1.19. The van der Waals surface area contributed by atoms with Crippen LogP contribution in [0.5, 0.6) is 0 Å². The predicted molar refractivity (Wildman–Crippen MR) is 78.0 cm³/mol. The molecule has 98 valence electrons. The highest BCUT2D eigenvalue weighted by atomic mass is 79.9. The van der Waals surface area contributed by atoms with Crippen LogP contribution in [0.4, 0.5) is 0 Å². The van der Waals surface area contributed by atoms with Gasteiger partial charge in [0, 0.05) is 17.6 Å². The Hall–Kier alpha value is -0.540. The first kappa shape index (κ1) is 13.9. The minimum absolute atomic E-state index is 0.0414. The number of nitrogens with zero attached hydrogens (tertiary/aromatic N) is 1. The van der Waals surface area contributed by atoms with Crippen molar-refractivity contribution in [1.82, 2.24) is 4.90 Å². The molecule has 0 aromatic heterocycles. The van der Waals surface area contributed by atoms with Crippen molar-refractivity contribution in [1.29, 1.82) is 0 Å². The first-order chi connectivity index (χ1) is 8.47. The van der Waals surface area contributed by atoms with Gasteiger partial charge in [0.1, 0.15) is 0 Å². The van der Waals surface area contributed by atoms with Crippen LogP contribution in [-0.4, -0.2) is 23.9 Å². The van der Waals surface area contributed by atoms with E-state index in [2.05, 4.69) is 29.8 Å². The van der Waals surface area contributed by atoms with E-state index in [-0.39, 0.29) is 5.91 Å². The molecule has 1 saturated heterocycles. The summed E-state index contributed by atoms with van der Waals surface area (Å²) in [5.41, 5.74) is 0.590. The molecular weight excluding hydrogens is 314 g/mol. The number of carbonyl (C=O) groups excluding carboxylic acids is 1. The molecular formula is C14H17BrClNO. The molecule has 0 saturated carbocycles. The molecule has 0 bridgehead atoms. The third kappa shape index (κ3) is 3.07. The van der Waals surface area contributed by atoms with Crippen LogP contribution in [0.25, 0.3) is 0 Å². The van der Waals surface area contributed by atoms with Crippen LogP contribution in [0.2, 0.25) is 5.02 Å². The maximum atomic E-state index is 12.5. The second kappa shape index (κ2) is 5.62. The van der Waals surface area contributed by atoms with Crippen molar-refractivity contribution in [2.45, 2.75) is 20.3 Å². The molecule has 1 amide bonds. The second-order valence-corrected chi connectivity index (χ2v) is 6.60. The minimum Gasteiger partial charge on any atom is -0.338 e. The molecule has 0 spiro atoms. The Morgan fingerprint density at radius 3 is 2.56 bits per heavy atom. The van der Waals surface area contributed by atoms with Gasteiger partial charge in [-0.25, -0.2) is 0 Å². The van der Waals surface area contributed by atoms with E-state index in [1.54, 1.807) is 12.1 Å². The SMILES string of the molecule is C[C@@H]1C[C@H](C)CN(C(=O)c2cc(Br)ccc2Cl)C1. The molecule has 1 aromatic rings. The predicted octanol–water partition coefficient (Wildman–Crippen LogP) is 4.22. The Balaban J connectivity index is 2.22. The maximum Gasteiger partial charge on any atom is 0.255 e. The summed E-state index contributed by atoms with van der Waals surface area (Å²) in [5, 5.41) is 0.522. The van der Waals surface area contributed by atoms with Crippen molar-refractivity contribution in [3.8, 4) is 0 Å². The summed E-state index contributed by atoms with van der Waals surface area (Å²) < 4.78 is 0.883. The van der Waals surface area contributed by atoms with Crippen molar-refractivity contribution in [2.75, 3.05) is 13.1 Å². The molecule has 2 atom stereocenters. The smallest absolute Gasteiger partial charge is 0.255 e. The Bertz CT molecular complexity index is 453. The van der Waals surface area contributed by atoms with E-state index in [1.165, 1.54) is 6.42 Å². The van der Waals surface area contributed by atoms with Gasteiger partial charge in [-0.3, -0.25) is 4.79 Å². The van der Waals surface area contributed by atoms with E-state index in [9.17, 15) is 4.79 Å². The van der Waals surface area contributed by atoms with Gasteiger partial charge in [-0.1, -0.05) is 41.4 Å². The number of likely N-dealkylation sites (tertiary alicyclic amines) is 1. The van der Waals surface area contributed by atoms with Gasteiger partial charge in [0.25, 0.3) is 5.91 Å². The molecule has 1 aliphatic heterocycles. The number of amides is 1. The van der Waals surface area contributed by atoms with Crippen molar-refractivity contribution >= 4 is 33.4 Å². The number of hydrogen-bond donors (Lipinski definition) is 0. The highest BCUT2D eigenvalue weighted by Gasteiger charge is 2.27. The highest BCUT2D eigenvalue weighted by molar-refractivity contribution is 9.10. The van der Waals surface area contributed by atoms with E-state index >= 15 is 0 Å². The second-order valence-electron chi connectivity index (χ2n) is 5.28. The molecule has 1 heterocycles. The summed E-state index contributed by atoms with van der Waals surface area (Å²) in [6, 6.07) is 5.41. The van der Waals surface area contributed by atoms with E-state index < -0.39 is 0 Å². The van der Waals surface area contributed by atoms with Crippen LogP contribution in [0.1, 0.15) is 30.6 Å². The lowest BCUT2D eigenvalue weighted by Gasteiger charge is -2.35. The van der Waals surface area contributed by atoms with Gasteiger partial charge in [0.15, 0.2) is 0 Å². The Kier molecular flexibility index (Phi) is 4.33. The van der Waals surface area contributed by atoms with Gasteiger partial charge in [-0.05, 0) is 36.5 Å². The molecule has 0 radical (unpaired) electrons.